The van der Waals surface area contributed by atoms with Crippen molar-refractivity contribution in [3.8, 4) is 0 Å². The predicted molar refractivity (Wildman–Crippen MR) is 119 cm³/mol. The third-order valence-electron chi connectivity index (χ3n) is 5.57. The first-order valence-corrected chi connectivity index (χ1v) is 10.5. The molecule has 2 aromatic carbocycles. The third-order valence-corrected chi connectivity index (χ3v) is 5.57. The van der Waals surface area contributed by atoms with Crippen molar-refractivity contribution < 1.29 is 14.3 Å². The minimum atomic E-state index is -0.325. The molecule has 3 rings (SSSR count). The summed E-state index contributed by atoms with van der Waals surface area (Å²) >= 11 is 0. The normalized spacial score (nSPS) is 16.9. The number of piperazine rings is 1. The molecule has 1 atom stereocenters. The van der Waals surface area contributed by atoms with Gasteiger partial charge in [-0.3, -0.25) is 9.69 Å². The summed E-state index contributed by atoms with van der Waals surface area (Å²) < 4.78 is 4.75. The molecule has 1 N–H and O–H groups in total. The van der Waals surface area contributed by atoms with Crippen LogP contribution in [0.1, 0.15) is 29.3 Å². The van der Waals surface area contributed by atoms with E-state index in [4.69, 9.17) is 4.74 Å². The standard InChI is InChI=1S/C24H31N3O3/c1-19-17-27(22-12-10-21(11-13-22)24(29)30-2)16-15-26(19)18-23(28)25-14-6-9-20-7-4-3-5-8-20/h3-5,7-8,10-13,19H,6,9,14-18H2,1-2H3,(H,25,28). The van der Waals surface area contributed by atoms with Gasteiger partial charge in [-0.2, -0.15) is 0 Å². The van der Waals surface area contributed by atoms with Gasteiger partial charge in [-0.15, -0.1) is 0 Å². The number of methoxy groups -OCH3 is 1. The second-order valence-corrected chi connectivity index (χ2v) is 7.74. The van der Waals surface area contributed by atoms with Gasteiger partial charge in [-0.05, 0) is 49.6 Å². The third kappa shape index (κ3) is 6.07. The van der Waals surface area contributed by atoms with Gasteiger partial charge in [0, 0.05) is 37.9 Å². The largest absolute Gasteiger partial charge is 0.465 e. The highest BCUT2D eigenvalue weighted by Gasteiger charge is 2.25. The van der Waals surface area contributed by atoms with Crippen molar-refractivity contribution in [3.05, 3.63) is 65.7 Å². The molecular weight excluding hydrogens is 378 g/mol. The van der Waals surface area contributed by atoms with E-state index in [9.17, 15) is 9.59 Å². The minimum Gasteiger partial charge on any atom is -0.465 e. The zero-order valence-electron chi connectivity index (χ0n) is 17.8. The maximum atomic E-state index is 12.3. The van der Waals surface area contributed by atoms with E-state index < -0.39 is 0 Å². The molecule has 0 radical (unpaired) electrons. The molecule has 6 nitrogen and oxygen atoms in total. The highest BCUT2D eigenvalue weighted by molar-refractivity contribution is 5.89. The number of aryl methyl sites for hydroxylation is 1. The van der Waals surface area contributed by atoms with Crippen LogP contribution in [0.4, 0.5) is 5.69 Å². The van der Waals surface area contributed by atoms with E-state index in [1.165, 1.54) is 12.7 Å². The number of nitrogens with one attached hydrogen (secondary N) is 1. The number of rotatable bonds is 8. The Hall–Kier alpha value is -2.86. The molecule has 2 aromatic rings. The summed E-state index contributed by atoms with van der Waals surface area (Å²) in [6.07, 6.45) is 1.92. The summed E-state index contributed by atoms with van der Waals surface area (Å²) in [4.78, 5) is 28.4. The van der Waals surface area contributed by atoms with Crippen LogP contribution in [0.3, 0.4) is 0 Å². The molecule has 1 saturated heterocycles. The van der Waals surface area contributed by atoms with Crippen LogP contribution in [0.5, 0.6) is 0 Å². The first-order valence-electron chi connectivity index (χ1n) is 10.5. The van der Waals surface area contributed by atoms with Crippen LogP contribution in [0.15, 0.2) is 54.6 Å². The van der Waals surface area contributed by atoms with Crippen LogP contribution in [0.2, 0.25) is 0 Å². The highest BCUT2D eigenvalue weighted by atomic mass is 16.5. The van der Waals surface area contributed by atoms with E-state index in [1.807, 2.05) is 30.3 Å². The number of carbonyl (C=O) groups is 2. The molecule has 1 aliphatic heterocycles. The van der Waals surface area contributed by atoms with E-state index >= 15 is 0 Å². The quantitative estimate of drug-likeness (QED) is 0.537. The Morgan fingerprint density at radius 2 is 1.80 bits per heavy atom. The second-order valence-electron chi connectivity index (χ2n) is 7.74. The van der Waals surface area contributed by atoms with Crippen LogP contribution in [0.25, 0.3) is 0 Å². The molecule has 0 spiro atoms. The van der Waals surface area contributed by atoms with Gasteiger partial charge in [0.1, 0.15) is 0 Å². The molecule has 1 amide bonds. The summed E-state index contributed by atoms with van der Waals surface area (Å²) in [5.41, 5.74) is 2.94. The zero-order valence-corrected chi connectivity index (χ0v) is 17.8. The molecule has 160 valence electrons. The lowest BCUT2D eigenvalue weighted by Crippen LogP contribution is -2.54. The molecule has 1 unspecified atom stereocenters. The molecule has 0 aliphatic carbocycles. The van der Waals surface area contributed by atoms with Crippen molar-refractivity contribution >= 4 is 17.6 Å². The van der Waals surface area contributed by atoms with Crippen molar-refractivity contribution in [1.82, 2.24) is 10.2 Å². The number of anilines is 1. The van der Waals surface area contributed by atoms with E-state index in [0.717, 1.165) is 38.2 Å². The summed E-state index contributed by atoms with van der Waals surface area (Å²) in [5, 5.41) is 3.05. The molecule has 0 aromatic heterocycles. The first kappa shape index (κ1) is 21.8. The van der Waals surface area contributed by atoms with Crippen LogP contribution in [-0.2, 0) is 16.0 Å². The Morgan fingerprint density at radius 3 is 2.47 bits per heavy atom. The summed E-state index contributed by atoms with van der Waals surface area (Å²) in [5.74, 6) is -0.236. The van der Waals surface area contributed by atoms with Crippen molar-refractivity contribution in [2.75, 3.05) is 44.7 Å². The first-order chi connectivity index (χ1) is 14.6. The summed E-state index contributed by atoms with van der Waals surface area (Å²) in [7, 11) is 1.39. The Bertz CT molecular complexity index is 823. The lowest BCUT2D eigenvalue weighted by Gasteiger charge is -2.40. The fraction of sp³-hybridized carbons (Fsp3) is 0.417. The van der Waals surface area contributed by atoms with Crippen molar-refractivity contribution in [3.63, 3.8) is 0 Å². The van der Waals surface area contributed by atoms with E-state index in [1.54, 1.807) is 12.1 Å². The van der Waals surface area contributed by atoms with E-state index in [0.29, 0.717) is 18.7 Å². The van der Waals surface area contributed by atoms with Gasteiger partial charge in [0.2, 0.25) is 5.91 Å². The van der Waals surface area contributed by atoms with Crippen molar-refractivity contribution in [2.45, 2.75) is 25.8 Å². The maximum absolute atomic E-state index is 12.3. The molecule has 0 saturated carbocycles. The van der Waals surface area contributed by atoms with Crippen molar-refractivity contribution in [2.24, 2.45) is 0 Å². The number of benzene rings is 2. The van der Waals surface area contributed by atoms with Crippen LogP contribution in [0, 0.1) is 0 Å². The average Bonchev–Trinajstić information content (AvgIpc) is 2.78. The summed E-state index contributed by atoms with van der Waals surface area (Å²) in [6.45, 7) is 5.81. The van der Waals surface area contributed by atoms with E-state index in [-0.39, 0.29) is 17.9 Å². The van der Waals surface area contributed by atoms with Gasteiger partial charge >= 0.3 is 5.97 Å². The Morgan fingerprint density at radius 1 is 1.07 bits per heavy atom. The van der Waals surface area contributed by atoms with Gasteiger partial charge in [0.25, 0.3) is 0 Å². The Kier molecular flexibility index (Phi) is 7.85. The topological polar surface area (TPSA) is 61.9 Å². The summed E-state index contributed by atoms with van der Waals surface area (Å²) in [6, 6.07) is 18.1. The number of esters is 1. The maximum Gasteiger partial charge on any atom is 0.337 e. The minimum absolute atomic E-state index is 0.0887. The lowest BCUT2D eigenvalue weighted by atomic mass is 10.1. The van der Waals surface area contributed by atoms with Gasteiger partial charge in [0.05, 0.1) is 19.2 Å². The van der Waals surface area contributed by atoms with Gasteiger partial charge < -0.3 is 15.0 Å². The molecular formula is C24H31N3O3. The van der Waals surface area contributed by atoms with Gasteiger partial charge in [-0.1, -0.05) is 30.3 Å². The van der Waals surface area contributed by atoms with Gasteiger partial charge in [-0.25, -0.2) is 4.79 Å². The number of ether oxygens (including phenoxy) is 1. The van der Waals surface area contributed by atoms with Crippen molar-refractivity contribution in [1.29, 1.82) is 0 Å². The monoisotopic (exact) mass is 409 g/mol. The van der Waals surface area contributed by atoms with E-state index in [2.05, 4.69) is 34.2 Å². The zero-order chi connectivity index (χ0) is 21.3. The Balaban J connectivity index is 1.40. The second kappa shape index (κ2) is 10.8. The SMILES string of the molecule is COC(=O)c1ccc(N2CCN(CC(=O)NCCCc3ccccc3)C(C)C2)cc1. The highest BCUT2D eigenvalue weighted by Crippen LogP contribution is 2.20. The lowest BCUT2D eigenvalue weighted by molar-refractivity contribution is -0.122. The Labute approximate surface area is 178 Å². The molecule has 30 heavy (non-hydrogen) atoms. The van der Waals surface area contributed by atoms with Gasteiger partial charge in [0.15, 0.2) is 0 Å². The number of hydrogen-bond donors (Lipinski definition) is 1. The number of hydrogen-bond acceptors (Lipinski definition) is 5. The molecule has 1 heterocycles. The number of nitrogens with zero attached hydrogens (tertiary/aromatic N) is 2. The van der Waals surface area contributed by atoms with Crippen LogP contribution < -0.4 is 10.2 Å². The predicted octanol–water partition coefficient (Wildman–Crippen LogP) is 2.73. The molecule has 1 aliphatic rings. The van der Waals surface area contributed by atoms with Crippen LogP contribution in [-0.4, -0.2) is 62.7 Å². The van der Waals surface area contributed by atoms with Crippen LogP contribution >= 0.6 is 0 Å². The number of amides is 1. The smallest absolute Gasteiger partial charge is 0.337 e. The fourth-order valence-electron chi connectivity index (χ4n) is 3.80. The molecule has 0 bridgehead atoms. The molecule has 6 heteroatoms. The molecule has 1 fully saturated rings. The number of carbonyl (C=O) groups excluding carboxylic acids is 2. The average molecular weight is 410 g/mol. The fourth-order valence-corrected chi connectivity index (χ4v) is 3.80.